The summed E-state index contributed by atoms with van der Waals surface area (Å²) in [7, 11) is 0. The first-order chi connectivity index (χ1) is 8.25. The standard InChI is InChI=1S/C13H17Cl2NO/c14-12-1-2-13(15)11(7-12)9-16-8-10-3-5-17-6-4-10/h1-2,7,10,16H,3-6,8-9H2. The lowest BCUT2D eigenvalue weighted by Gasteiger charge is -2.22. The number of halogens is 2. The summed E-state index contributed by atoms with van der Waals surface area (Å²) in [5, 5.41) is 4.95. The molecule has 2 rings (SSSR count). The molecule has 0 saturated carbocycles. The van der Waals surface area contributed by atoms with Gasteiger partial charge in [-0.3, -0.25) is 0 Å². The van der Waals surface area contributed by atoms with Crippen LogP contribution in [0.15, 0.2) is 18.2 Å². The Morgan fingerprint density at radius 1 is 1.24 bits per heavy atom. The second-order valence-electron chi connectivity index (χ2n) is 4.42. The Bertz CT molecular complexity index is 364. The topological polar surface area (TPSA) is 21.3 Å². The summed E-state index contributed by atoms with van der Waals surface area (Å²) in [6, 6.07) is 5.57. The quantitative estimate of drug-likeness (QED) is 0.907. The van der Waals surface area contributed by atoms with Crippen molar-refractivity contribution < 1.29 is 4.74 Å². The summed E-state index contributed by atoms with van der Waals surface area (Å²) < 4.78 is 5.33. The van der Waals surface area contributed by atoms with E-state index in [2.05, 4.69) is 5.32 Å². The lowest BCUT2D eigenvalue weighted by Crippen LogP contribution is -2.27. The first kappa shape index (κ1) is 13.2. The van der Waals surface area contributed by atoms with Crippen LogP contribution in [0.1, 0.15) is 18.4 Å². The van der Waals surface area contributed by atoms with Gasteiger partial charge >= 0.3 is 0 Å². The highest BCUT2D eigenvalue weighted by Crippen LogP contribution is 2.20. The van der Waals surface area contributed by atoms with Crippen LogP contribution in [0.2, 0.25) is 10.0 Å². The van der Waals surface area contributed by atoms with E-state index in [1.54, 1.807) is 0 Å². The molecule has 4 heteroatoms. The summed E-state index contributed by atoms with van der Waals surface area (Å²) >= 11 is 12.0. The van der Waals surface area contributed by atoms with E-state index in [9.17, 15) is 0 Å². The second kappa shape index (κ2) is 6.60. The molecule has 0 radical (unpaired) electrons. The first-order valence-corrected chi connectivity index (χ1v) is 6.73. The third-order valence-electron chi connectivity index (χ3n) is 3.10. The van der Waals surface area contributed by atoms with Gasteiger partial charge in [-0.05, 0) is 49.1 Å². The van der Waals surface area contributed by atoms with Gasteiger partial charge in [0.2, 0.25) is 0 Å². The Hall–Kier alpha value is -0.280. The Balaban J connectivity index is 1.79. The molecule has 1 aromatic rings. The normalized spacial score (nSPS) is 17.3. The van der Waals surface area contributed by atoms with Gasteiger partial charge in [0.25, 0.3) is 0 Å². The SMILES string of the molecule is Clc1ccc(Cl)c(CNCC2CCOCC2)c1. The summed E-state index contributed by atoms with van der Waals surface area (Å²) in [5.74, 6) is 0.724. The van der Waals surface area contributed by atoms with E-state index >= 15 is 0 Å². The van der Waals surface area contributed by atoms with Crippen LogP contribution >= 0.6 is 23.2 Å². The molecule has 0 aromatic heterocycles. The molecule has 17 heavy (non-hydrogen) atoms. The van der Waals surface area contributed by atoms with Crippen LogP contribution in [0.4, 0.5) is 0 Å². The summed E-state index contributed by atoms with van der Waals surface area (Å²) in [6.07, 6.45) is 2.30. The maximum Gasteiger partial charge on any atom is 0.0469 e. The molecule has 2 nitrogen and oxygen atoms in total. The maximum atomic E-state index is 6.10. The van der Waals surface area contributed by atoms with Gasteiger partial charge < -0.3 is 10.1 Å². The molecule has 0 amide bonds. The Morgan fingerprint density at radius 2 is 2.00 bits per heavy atom. The van der Waals surface area contributed by atoms with Crippen LogP contribution in [0.5, 0.6) is 0 Å². The minimum absolute atomic E-state index is 0.724. The van der Waals surface area contributed by atoms with E-state index in [-0.39, 0.29) is 0 Å². The molecule has 1 aliphatic heterocycles. The van der Waals surface area contributed by atoms with Crippen molar-refractivity contribution in [2.45, 2.75) is 19.4 Å². The van der Waals surface area contributed by atoms with E-state index in [0.717, 1.165) is 60.7 Å². The highest BCUT2D eigenvalue weighted by atomic mass is 35.5. The number of nitrogens with one attached hydrogen (secondary N) is 1. The van der Waals surface area contributed by atoms with Crippen molar-refractivity contribution >= 4 is 23.2 Å². The lowest BCUT2D eigenvalue weighted by atomic mass is 10.0. The highest BCUT2D eigenvalue weighted by molar-refractivity contribution is 6.33. The van der Waals surface area contributed by atoms with E-state index in [1.165, 1.54) is 0 Å². The van der Waals surface area contributed by atoms with Crippen molar-refractivity contribution in [3.8, 4) is 0 Å². The predicted octanol–water partition coefficient (Wildman–Crippen LogP) is 3.51. The van der Waals surface area contributed by atoms with Gasteiger partial charge in [-0.15, -0.1) is 0 Å². The summed E-state index contributed by atoms with van der Waals surface area (Å²) in [5.41, 5.74) is 1.06. The molecule has 1 N–H and O–H groups in total. The zero-order valence-corrected chi connectivity index (χ0v) is 11.2. The van der Waals surface area contributed by atoms with Gasteiger partial charge in [-0.25, -0.2) is 0 Å². The van der Waals surface area contributed by atoms with Crippen molar-refractivity contribution in [1.82, 2.24) is 5.32 Å². The fraction of sp³-hybridized carbons (Fsp3) is 0.538. The van der Waals surface area contributed by atoms with Gasteiger partial charge in [-0.1, -0.05) is 23.2 Å². The minimum Gasteiger partial charge on any atom is -0.381 e. The number of hydrogen-bond donors (Lipinski definition) is 1. The molecule has 1 aliphatic rings. The zero-order chi connectivity index (χ0) is 12.1. The molecule has 1 saturated heterocycles. The monoisotopic (exact) mass is 273 g/mol. The average Bonchev–Trinajstić information content (AvgIpc) is 2.35. The fourth-order valence-electron chi connectivity index (χ4n) is 2.04. The fourth-order valence-corrected chi connectivity index (χ4v) is 2.42. The second-order valence-corrected chi connectivity index (χ2v) is 5.27. The number of rotatable bonds is 4. The molecule has 0 atom stereocenters. The maximum absolute atomic E-state index is 6.10. The molecule has 1 fully saturated rings. The third-order valence-corrected chi connectivity index (χ3v) is 3.70. The molecule has 0 spiro atoms. The molecule has 94 valence electrons. The van der Waals surface area contributed by atoms with Crippen LogP contribution in [0, 0.1) is 5.92 Å². The van der Waals surface area contributed by atoms with Crippen molar-refractivity contribution in [2.75, 3.05) is 19.8 Å². The smallest absolute Gasteiger partial charge is 0.0469 e. The Kier molecular flexibility index (Phi) is 5.11. The zero-order valence-electron chi connectivity index (χ0n) is 9.72. The first-order valence-electron chi connectivity index (χ1n) is 5.98. The molecule has 1 heterocycles. The van der Waals surface area contributed by atoms with Crippen molar-refractivity contribution in [2.24, 2.45) is 5.92 Å². The average molecular weight is 274 g/mol. The van der Waals surface area contributed by atoms with Crippen LogP contribution in [0.25, 0.3) is 0 Å². The van der Waals surface area contributed by atoms with E-state index in [0.29, 0.717) is 0 Å². The predicted molar refractivity (Wildman–Crippen MR) is 71.7 cm³/mol. The Labute approximate surface area is 112 Å². The van der Waals surface area contributed by atoms with Crippen LogP contribution in [-0.2, 0) is 11.3 Å². The number of benzene rings is 1. The molecular formula is C13H17Cl2NO. The van der Waals surface area contributed by atoms with Gasteiger partial charge in [0.1, 0.15) is 0 Å². The minimum atomic E-state index is 0.724. The van der Waals surface area contributed by atoms with Gasteiger partial charge in [-0.2, -0.15) is 0 Å². The van der Waals surface area contributed by atoms with Gasteiger partial charge in [0, 0.05) is 29.8 Å². The van der Waals surface area contributed by atoms with Crippen molar-refractivity contribution in [3.63, 3.8) is 0 Å². The van der Waals surface area contributed by atoms with Crippen molar-refractivity contribution in [1.29, 1.82) is 0 Å². The molecule has 0 unspecified atom stereocenters. The van der Waals surface area contributed by atoms with E-state index in [1.807, 2.05) is 18.2 Å². The van der Waals surface area contributed by atoms with E-state index < -0.39 is 0 Å². The van der Waals surface area contributed by atoms with Crippen LogP contribution in [0.3, 0.4) is 0 Å². The number of hydrogen-bond acceptors (Lipinski definition) is 2. The van der Waals surface area contributed by atoms with Crippen LogP contribution < -0.4 is 5.32 Å². The summed E-state index contributed by atoms with van der Waals surface area (Å²) in [4.78, 5) is 0. The van der Waals surface area contributed by atoms with Crippen molar-refractivity contribution in [3.05, 3.63) is 33.8 Å². The molecule has 1 aromatic carbocycles. The van der Waals surface area contributed by atoms with Crippen LogP contribution in [-0.4, -0.2) is 19.8 Å². The molecule has 0 aliphatic carbocycles. The largest absolute Gasteiger partial charge is 0.381 e. The summed E-state index contributed by atoms with van der Waals surface area (Å²) in [6.45, 7) is 3.58. The number of ether oxygens (including phenoxy) is 1. The van der Waals surface area contributed by atoms with Gasteiger partial charge in [0.05, 0.1) is 0 Å². The van der Waals surface area contributed by atoms with Gasteiger partial charge in [0.15, 0.2) is 0 Å². The molecular weight excluding hydrogens is 257 g/mol. The molecule has 0 bridgehead atoms. The van der Waals surface area contributed by atoms with E-state index in [4.69, 9.17) is 27.9 Å². The Morgan fingerprint density at radius 3 is 2.76 bits per heavy atom. The third kappa shape index (κ3) is 4.14. The lowest BCUT2D eigenvalue weighted by molar-refractivity contribution is 0.0662. The highest BCUT2D eigenvalue weighted by Gasteiger charge is 2.13.